The predicted octanol–water partition coefficient (Wildman–Crippen LogP) is 3.23. The second-order valence-corrected chi connectivity index (χ2v) is 12.3. The summed E-state index contributed by atoms with van der Waals surface area (Å²) >= 11 is 5.94. The summed E-state index contributed by atoms with van der Waals surface area (Å²) < 4.78 is 35.4. The second kappa shape index (κ2) is 9.56. The first-order valence-electron chi connectivity index (χ1n) is 9.77. The highest BCUT2D eigenvalue weighted by molar-refractivity contribution is 9.10. The molecule has 0 saturated carbocycles. The second-order valence-electron chi connectivity index (χ2n) is 7.22. The monoisotopic (exact) mass is 557 g/mol. The quantitative estimate of drug-likeness (QED) is 0.448. The van der Waals surface area contributed by atoms with Gasteiger partial charge in [-0.15, -0.1) is 11.3 Å². The number of carbonyl (C=O) groups is 2. The lowest BCUT2D eigenvalue weighted by Crippen LogP contribution is -2.40. The number of halogens is 1. The molecule has 3 aromatic rings. The van der Waals surface area contributed by atoms with E-state index in [4.69, 9.17) is 4.74 Å². The van der Waals surface area contributed by atoms with Crippen LogP contribution in [0.5, 0.6) is 0 Å². The first-order chi connectivity index (χ1) is 15.3. The van der Waals surface area contributed by atoms with Crippen LogP contribution in [0.4, 0.5) is 0 Å². The van der Waals surface area contributed by atoms with Gasteiger partial charge in [-0.1, -0.05) is 33.3 Å². The van der Waals surface area contributed by atoms with E-state index < -0.39 is 16.0 Å². The number of esters is 1. The van der Waals surface area contributed by atoms with E-state index >= 15 is 0 Å². The van der Waals surface area contributed by atoms with Crippen molar-refractivity contribution >= 4 is 70.7 Å². The van der Waals surface area contributed by atoms with Gasteiger partial charge in [0.2, 0.25) is 0 Å². The Balaban J connectivity index is 1.56. The SMILES string of the molecule is COC(=O)Cn1c(=NC(=O)C2CCN(S(=O)(=O)c3cccs3)CC2)sc2cc(Br)ccc21. The van der Waals surface area contributed by atoms with Crippen LogP contribution in [0.2, 0.25) is 0 Å². The van der Waals surface area contributed by atoms with Gasteiger partial charge in [-0.3, -0.25) is 9.59 Å². The molecule has 0 bridgehead atoms. The first-order valence-corrected chi connectivity index (χ1v) is 13.7. The molecule has 0 atom stereocenters. The van der Waals surface area contributed by atoms with Crippen LogP contribution in [-0.2, 0) is 30.9 Å². The van der Waals surface area contributed by atoms with Gasteiger partial charge in [0, 0.05) is 23.5 Å². The zero-order chi connectivity index (χ0) is 22.9. The summed E-state index contributed by atoms with van der Waals surface area (Å²) in [7, 11) is -2.21. The molecule has 1 aromatic carbocycles. The van der Waals surface area contributed by atoms with Gasteiger partial charge < -0.3 is 9.30 Å². The maximum absolute atomic E-state index is 12.9. The molecule has 2 aromatic heterocycles. The maximum Gasteiger partial charge on any atom is 0.325 e. The molecule has 0 unspecified atom stereocenters. The third-order valence-electron chi connectivity index (χ3n) is 5.26. The number of methoxy groups -OCH3 is 1. The van der Waals surface area contributed by atoms with Crippen molar-refractivity contribution in [1.82, 2.24) is 8.87 Å². The van der Waals surface area contributed by atoms with E-state index in [9.17, 15) is 18.0 Å². The topological polar surface area (TPSA) is 98.0 Å². The minimum atomic E-state index is -3.52. The number of sulfonamides is 1. The number of ether oxygens (including phenoxy) is 1. The third-order valence-corrected chi connectivity index (χ3v) is 10.1. The van der Waals surface area contributed by atoms with Crippen molar-refractivity contribution in [1.29, 1.82) is 0 Å². The molecular formula is C20H20BrN3O5S3. The molecule has 3 heterocycles. The number of hydrogen-bond donors (Lipinski definition) is 0. The number of aromatic nitrogens is 1. The van der Waals surface area contributed by atoms with Crippen molar-refractivity contribution in [2.24, 2.45) is 10.9 Å². The molecule has 1 fully saturated rings. The molecule has 0 N–H and O–H groups in total. The van der Waals surface area contributed by atoms with Crippen molar-refractivity contribution in [3.05, 3.63) is 45.0 Å². The number of benzene rings is 1. The summed E-state index contributed by atoms with van der Waals surface area (Å²) in [6, 6.07) is 8.92. The lowest BCUT2D eigenvalue weighted by Gasteiger charge is -2.29. The van der Waals surface area contributed by atoms with Crippen LogP contribution in [0.15, 0.2) is 49.4 Å². The van der Waals surface area contributed by atoms with Crippen molar-refractivity contribution in [2.45, 2.75) is 23.6 Å². The zero-order valence-electron chi connectivity index (χ0n) is 17.1. The van der Waals surface area contributed by atoms with Gasteiger partial charge in [0.15, 0.2) is 4.80 Å². The van der Waals surface area contributed by atoms with E-state index in [1.54, 1.807) is 22.1 Å². The Labute approximate surface area is 201 Å². The number of nitrogens with zero attached hydrogens (tertiary/aromatic N) is 3. The minimum absolute atomic E-state index is 0.0538. The number of amides is 1. The van der Waals surface area contributed by atoms with Crippen LogP contribution in [0.25, 0.3) is 10.2 Å². The number of rotatable bonds is 5. The van der Waals surface area contributed by atoms with Crippen LogP contribution >= 0.6 is 38.6 Å². The van der Waals surface area contributed by atoms with Gasteiger partial charge in [0.1, 0.15) is 10.8 Å². The standard InChI is InChI=1S/C20H20BrN3O5S3/c1-29-17(25)12-24-15-5-4-14(21)11-16(15)31-20(24)22-19(26)13-6-8-23(9-7-13)32(27,28)18-3-2-10-30-18/h2-5,10-11,13H,6-9,12H2,1H3. The summed E-state index contributed by atoms with van der Waals surface area (Å²) in [6.07, 6.45) is 0.806. The number of piperidine rings is 1. The van der Waals surface area contributed by atoms with E-state index in [0.29, 0.717) is 21.9 Å². The van der Waals surface area contributed by atoms with E-state index in [0.717, 1.165) is 14.7 Å². The third kappa shape index (κ3) is 4.74. The van der Waals surface area contributed by atoms with Crippen molar-refractivity contribution in [2.75, 3.05) is 20.2 Å². The van der Waals surface area contributed by atoms with Crippen LogP contribution < -0.4 is 4.80 Å². The minimum Gasteiger partial charge on any atom is -0.468 e. The molecule has 12 heteroatoms. The Morgan fingerprint density at radius 2 is 2.00 bits per heavy atom. The maximum atomic E-state index is 12.9. The van der Waals surface area contributed by atoms with Gasteiger partial charge in [0.05, 0.1) is 17.3 Å². The van der Waals surface area contributed by atoms with Crippen LogP contribution in [0.3, 0.4) is 0 Å². The molecule has 8 nitrogen and oxygen atoms in total. The summed E-state index contributed by atoms with van der Waals surface area (Å²) in [6.45, 7) is 0.489. The van der Waals surface area contributed by atoms with Gasteiger partial charge in [-0.05, 0) is 42.5 Å². The van der Waals surface area contributed by atoms with Crippen LogP contribution in [0.1, 0.15) is 12.8 Å². The summed E-state index contributed by atoms with van der Waals surface area (Å²) in [5, 5.41) is 1.73. The van der Waals surface area contributed by atoms with Gasteiger partial charge in [0.25, 0.3) is 15.9 Å². The van der Waals surface area contributed by atoms with E-state index in [-0.39, 0.29) is 31.5 Å². The number of fused-ring (bicyclic) bond motifs is 1. The Kier molecular flexibility index (Phi) is 6.96. The van der Waals surface area contributed by atoms with E-state index in [1.807, 2.05) is 18.2 Å². The fourth-order valence-corrected chi connectivity index (χ4v) is 7.75. The molecular weight excluding hydrogens is 538 g/mol. The molecule has 0 radical (unpaired) electrons. The molecule has 1 aliphatic rings. The highest BCUT2D eigenvalue weighted by Gasteiger charge is 2.32. The summed E-state index contributed by atoms with van der Waals surface area (Å²) in [5.41, 5.74) is 0.784. The lowest BCUT2D eigenvalue weighted by atomic mass is 9.98. The normalized spacial score (nSPS) is 16.5. The molecule has 4 rings (SSSR count). The molecule has 0 spiro atoms. The Morgan fingerprint density at radius 1 is 1.25 bits per heavy atom. The fourth-order valence-electron chi connectivity index (χ4n) is 3.54. The highest BCUT2D eigenvalue weighted by Crippen LogP contribution is 2.27. The number of carbonyl (C=O) groups excluding carboxylic acids is 2. The van der Waals surface area contributed by atoms with Gasteiger partial charge in [-0.2, -0.15) is 9.30 Å². The Bertz CT molecular complexity index is 1320. The number of thiazole rings is 1. The number of hydrogen-bond acceptors (Lipinski definition) is 7. The highest BCUT2D eigenvalue weighted by atomic mass is 79.9. The lowest BCUT2D eigenvalue weighted by molar-refractivity contribution is -0.141. The van der Waals surface area contributed by atoms with E-state index in [1.165, 1.54) is 34.1 Å². The molecule has 1 aliphatic heterocycles. The van der Waals surface area contributed by atoms with Crippen molar-refractivity contribution < 1.29 is 22.7 Å². The fraction of sp³-hybridized carbons (Fsp3) is 0.350. The molecule has 1 saturated heterocycles. The Morgan fingerprint density at radius 3 is 2.66 bits per heavy atom. The van der Waals surface area contributed by atoms with Gasteiger partial charge >= 0.3 is 5.97 Å². The van der Waals surface area contributed by atoms with Gasteiger partial charge in [-0.25, -0.2) is 8.42 Å². The molecule has 0 aliphatic carbocycles. The van der Waals surface area contributed by atoms with Crippen LogP contribution in [0, 0.1) is 5.92 Å². The summed E-state index contributed by atoms with van der Waals surface area (Å²) in [4.78, 5) is 29.6. The van der Waals surface area contributed by atoms with E-state index in [2.05, 4.69) is 20.9 Å². The number of thiophene rings is 1. The largest absolute Gasteiger partial charge is 0.468 e. The van der Waals surface area contributed by atoms with Crippen molar-refractivity contribution in [3.8, 4) is 0 Å². The summed E-state index contributed by atoms with van der Waals surface area (Å²) in [5.74, 6) is -1.11. The predicted molar refractivity (Wildman–Crippen MR) is 126 cm³/mol. The first kappa shape index (κ1) is 23.3. The zero-order valence-corrected chi connectivity index (χ0v) is 21.1. The smallest absolute Gasteiger partial charge is 0.325 e. The Hall–Kier alpha value is -1.86. The van der Waals surface area contributed by atoms with Crippen LogP contribution in [-0.4, -0.2) is 49.4 Å². The average Bonchev–Trinajstić information content (AvgIpc) is 3.43. The average molecular weight is 559 g/mol. The van der Waals surface area contributed by atoms with Crippen molar-refractivity contribution in [3.63, 3.8) is 0 Å². The molecule has 170 valence electrons. The molecule has 1 amide bonds. The molecule has 32 heavy (non-hydrogen) atoms.